The number of amides is 1. The fourth-order valence-corrected chi connectivity index (χ4v) is 5.14. The number of aliphatic hydroxyl groups excluding tert-OH is 1. The van der Waals surface area contributed by atoms with Crippen LogP contribution < -0.4 is 9.64 Å². The number of ketones is 1. The summed E-state index contributed by atoms with van der Waals surface area (Å²) < 4.78 is 5.52. The monoisotopic (exact) mass is 487 g/mol. The van der Waals surface area contributed by atoms with Crippen LogP contribution in [0.2, 0.25) is 10.0 Å². The van der Waals surface area contributed by atoms with Crippen LogP contribution in [-0.2, 0) is 9.59 Å². The number of ether oxygens (including phenoxy) is 1. The molecule has 1 amide bonds. The molecule has 1 aromatic heterocycles. The van der Waals surface area contributed by atoms with Crippen molar-refractivity contribution in [2.24, 2.45) is 0 Å². The van der Waals surface area contributed by atoms with Crippen LogP contribution in [0.4, 0.5) is 5.69 Å². The third-order valence-corrected chi connectivity index (χ3v) is 6.82. The molecule has 4 rings (SSSR count). The summed E-state index contributed by atoms with van der Waals surface area (Å²) in [6.45, 7) is 4.16. The third kappa shape index (κ3) is 3.90. The van der Waals surface area contributed by atoms with Crippen LogP contribution in [0.25, 0.3) is 5.76 Å². The average molecular weight is 488 g/mol. The van der Waals surface area contributed by atoms with Gasteiger partial charge in [0.05, 0.1) is 17.2 Å². The molecule has 1 aliphatic rings. The van der Waals surface area contributed by atoms with Gasteiger partial charge in [0.1, 0.15) is 17.6 Å². The number of Topliss-reactive ketones (excluding diaryl/α,β-unsaturated/α-hetero) is 1. The number of halogens is 2. The molecule has 1 unspecified atom stereocenters. The standard InChI is InChI=1S/C24H19Cl2NO4S/c1-3-31-16-7-8-18(26)17(12-16)21(28)19-20(23-13(2)9-10-32-23)27(24(30)22(19)29)15-6-4-5-14(25)11-15/h4-12,20,28H,3H2,1-2H3/b21-19-. The molecule has 1 atom stereocenters. The first-order valence-electron chi connectivity index (χ1n) is 9.86. The first-order chi connectivity index (χ1) is 15.3. The molecule has 32 heavy (non-hydrogen) atoms. The first kappa shape index (κ1) is 22.4. The lowest BCUT2D eigenvalue weighted by Gasteiger charge is -2.25. The van der Waals surface area contributed by atoms with Crippen molar-refractivity contribution in [2.75, 3.05) is 11.5 Å². The lowest BCUT2D eigenvalue weighted by molar-refractivity contribution is -0.132. The SMILES string of the molecule is CCOc1ccc(Cl)c(/C(O)=C2/C(=O)C(=O)N(c3cccc(Cl)c3)C2c2sccc2C)c1. The van der Waals surface area contributed by atoms with E-state index < -0.39 is 17.7 Å². The van der Waals surface area contributed by atoms with Gasteiger partial charge in [-0.2, -0.15) is 0 Å². The summed E-state index contributed by atoms with van der Waals surface area (Å²) >= 11 is 13.9. The van der Waals surface area contributed by atoms with E-state index in [0.29, 0.717) is 23.1 Å². The fourth-order valence-electron chi connectivity index (χ4n) is 3.72. The zero-order valence-electron chi connectivity index (χ0n) is 17.3. The molecule has 0 saturated carbocycles. The number of carbonyl (C=O) groups excluding carboxylic acids is 2. The van der Waals surface area contributed by atoms with E-state index in [4.69, 9.17) is 27.9 Å². The Morgan fingerprint density at radius 1 is 1.16 bits per heavy atom. The minimum Gasteiger partial charge on any atom is -0.507 e. The minimum atomic E-state index is -0.819. The molecule has 1 N–H and O–H groups in total. The van der Waals surface area contributed by atoms with E-state index in [1.54, 1.807) is 42.5 Å². The Labute approximate surface area is 199 Å². The maximum absolute atomic E-state index is 13.2. The molecule has 2 aromatic carbocycles. The molecule has 3 aromatic rings. The summed E-state index contributed by atoms with van der Waals surface area (Å²) in [5.41, 5.74) is 1.55. The molecule has 1 saturated heterocycles. The molecular weight excluding hydrogens is 469 g/mol. The molecule has 8 heteroatoms. The quantitative estimate of drug-likeness (QED) is 0.257. The second-order valence-corrected chi connectivity index (χ2v) is 8.98. The Kier molecular flexibility index (Phi) is 6.29. The van der Waals surface area contributed by atoms with Crippen molar-refractivity contribution in [1.29, 1.82) is 0 Å². The van der Waals surface area contributed by atoms with E-state index in [1.807, 2.05) is 25.3 Å². The van der Waals surface area contributed by atoms with Crippen LogP contribution >= 0.6 is 34.5 Å². The van der Waals surface area contributed by atoms with Crippen molar-refractivity contribution in [2.45, 2.75) is 19.9 Å². The highest BCUT2D eigenvalue weighted by Gasteiger charge is 2.48. The van der Waals surface area contributed by atoms with Crippen molar-refractivity contribution < 1.29 is 19.4 Å². The van der Waals surface area contributed by atoms with Crippen molar-refractivity contribution in [3.05, 3.63) is 85.5 Å². The van der Waals surface area contributed by atoms with E-state index in [9.17, 15) is 14.7 Å². The second kappa shape index (κ2) is 8.98. The van der Waals surface area contributed by atoms with Crippen LogP contribution in [0, 0.1) is 6.92 Å². The van der Waals surface area contributed by atoms with E-state index in [-0.39, 0.29) is 21.9 Å². The van der Waals surface area contributed by atoms with Gasteiger partial charge in [-0.25, -0.2) is 0 Å². The molecule has 1 fully saturated rings. The van der Waals surface area contributed by atoms with Gasteiger partial charge in [0.25, 0.3) is 11.7 Å². The van der Waals surface area contributed by atoms with Crippen LogP contribution in [0.1, 0.15) is 29.0 Å². The maximum Gasteiger partial charge on any atom is 0.300 e. The number of carbonyl (C=O) groups is 2. The van der Waals surface area contributed by atoms with Crippen LogP contribution in [0.3, 0.4) is 0 Å². The largest absolute Gasteiger partial charge is 0.507 e. The minimum absolute atomic E-state index is 0.0314. The van der Waals surface area contributed by atoms with E-state index >= 15 is 0 Å². The second-order valence-electron chi connectivity index (χ2n) is 7.19. The summed E-state index contributed by atoms with van der Waals surface area (Å²) in [5.74, 6) is -1.40. The first-order valence-corrected chi connectivity index (χ1v) is 11.5. The summed E-state index contributed by atoms with van der Waals surface area (Å²) in [6, 6.07) is 12.6. The molecule has 0 radical (unpaired) electrons. The highest BCUT2D eigenvalue weighted by atomic mass is 35.5. The number of benzene rings is 2. The van der Waals surface area contributed by atoms with Gasteiger partial charge in [0, 0.05) is 21.2 Å². The number of rotatable bonds is 5. The van der Waals surface area contributed by atoms with Gasteiger partial charge < -0.3 is 9.84 Å². The Morgan fingerprint density at radius 3 is 2.59 bits per heavy atom. The van der Waals surface area contributed by atoms with Gasteiger partial charge in [0.2, 0.25) is 0 Å². The normalized spacial score (nSPS) is 17.8. The van der Waals surface area contributed by atoms with Crippen molar-refractivity contribution >= 4 is 57.7 Å². The van der Waals surface area contributed by atoms with Crippen molar-refractivity contribution in [3.63, 3.8) is 0 Å². The zero-order chi connectivity index (χ0) is 23.0. The van der Waals surface area contributed by atoms with E-state index in [0.717, 1.165) is 10.4 Å². The Morgan fingerprint density at radius 2 is 1.94 bits per heavy atom. The summed E-state index contributed by atoms with van der Waals surface area (Å²) in [4.78, 5) is 28.5. The molecular formula is C24H19Cl2NO4S. The lowest BCUT2D eigenvalue weighted by atomic mass is 9.98. The van der Waals surface area contributed by atoms with Crippen LogP contribution in [0.15, 0.2) is 59.5 Å². The van der Waals surface area contributed by atoms with Gasteiger partial charge in [-0.05, 0) is 67.3 Å². The number of anilines is 1. The molecule has 0 spiro atoms. The maximum atomic E-state index is 13.2. The summed E-state index contributed by atoms with van der Waals surface area (Å²) in [6.07, 6.45) is 0. The summed E-state index contributed by atoms with van der Waals surface area (Å²) in [7, 11) is 0. The molecule has 0 aliphatic carbocycles. The number of hydrogen-bond donors (Lipinski definition) is 1. The number of thiophene rings is 1. The van der Waals surface area contributed by atoms with Gasteiger partial charge in [0.15, 0.2) is 0 Å². The Bertz CT molecular complexity index is 1250. The highest BCUT2D eigenvalue weighted by Crippen LogP contribution is 2.46. The van der Waals surface area contributed by atoms with Crippen molar-refractivity contribution in [1.82, 2.24) is 0 Å². The number of aryl methyl sites for hydroxylation is 1. The number of aliphatic hydroxyl groups is 1. The third-order valence-electron chi connectivity index (χ3n) is 5.18. The predicted octanol–water partition coefficient (Wildman–Crippen LogP) is 6.39. The van der Waals surface area contributed by atoms with Gasteiger partial charge >= 0.3 is 0 Å². The van der Waals surface area contributed by atoms with E-state index in [1.165, 1.54) is 16.2 Å². The van der Waals surface area contributed by atoms with Crippen LogP contribution in [0.5, 0.6) is 5.75 Å². The number of nitrogens with zero attached hydrogens (tertiary/aromatic N) is 1. The molecule has 0 bridgehead atoms. The zero-order valence-corrected chi connectivity index (χ0v) is 19.6. The Hall–Kier alpha value is -2.80. The smallest absolute Gasteiger partial charge is 0.300 e. The van der Waals surface area contributed by atoms with Gasteiger partial charge in [-0.1, -0.05) is 29.3 Å². The Balaban J connectivity index is 1.96. The predicted molar refractivity (Wildman–Crippen MR) is 128 cm³/mol. The van der Waals surface area contributed by atoms with Gasteiger partial charge in [-0.15, -0.1) is 11.3 Å². The topological polar surface area (TPSA) is 66.8 Å². The van der Waals surface area contributed by atoms with Gasteiger partial charge in [-0.3, -0.25) is 14.5 Å². The van der Waals surface area contributed by atoms with E-state index in [2.05, 4.69) is 0 Å². The highest BCUT2D eigenvalue weighted by molar-refractivity contribution is 7.10. The average Bonchev–Trinajstić information content (AvgIpc) is 3.29. The summed E-state index contributed by atoms with van der Waals surface area (Å²) in [5, 5.41) is 13.8. The fraction of sp³-hybridized carbons (Fsp3) is 0.167. The molecule has 5 nitrogen and oxygen atoms in total. The lowest BCUT2D eigenvalue weighted by Crippen LogP contribution is -2.29. The molecule has 2 heterocycles. The van der Waals surface area contributed by atoms with Crippen molar-refractivity contribution in [3.8, 4) is 5.75 Å². The molecule has 164 valence electrons. The molecule has 1 aliphatic heterocycles. The number of hydrogen-bond acceptors (Lipinski definition) is 5. The van der Waals surface area contributed by atoms with Crippen LogP contribution in [-0.4, -0.2) is 23.4 Å².